The Balaban J connectivity index is 0.000000177. The molecule has 6 nitrogen and oxygen atoms in total. The number of nitrogens with one attached hydrogen (secondary N) is 1. The second-order valence-electron chi connectivity index (χ2n) is 8.43. The molecule has 0 amide bonds. The number of nitrogen functional groups attached to an aromatic ring is 2. The highest BCUT2D eigenvalue weighted by Crippen LogP contribution is 2.48. The number of rotatable bonds is 3. The maximum absolute atomic E-state index is 6.31. The number of fused-ring (bicyclic) bond motifs is 1. The van der Waals surface area contributed by atoms with Crippen LogP contribution < -0.4 is 21.8 Å². The van der Waals surface area contributed by atoms with Crippen LogP contribution in [0, 0.1) is 0 Å². The summed E-state index contributed by atoms with van der Waals surface area (Å²) in [5.41, 5.74) is 20.7. The summed E-state index contributed by atoms with van der Waals surface area (Å²) in [7, 11) is 1.77. The van der Waals surface area contributed by atoms with Crippen molar-refractivity contribution < 1.29 is 4.28 Å². The van der Waals surface area contributed by atoms with Crippen molar-refractivity contribution in [2.75, 3.05) is 36.5 Å². The van der Waals surface area contributed by atoms with E-state index in [0.717, 1.165) is 45.3 Å². The van der Waals surface area contributed by atoms with E-state index in [9.17, 15) is 0 Å². The Labute approximate surface area is 196 Å². The number of nitrogens with zero attached hydrogens (tertiary/aromatic N) is 2. The van der Waals surface area contributed by atoms with Gasteiger partial charge in [0.25, 0.3) is 0 Å². The van der Waals surface area contributed by atoms with E-state index >= 15 is 0 Å². The third-order valence-corrected chi connectivity index (χ3v) is 7.84. The summed E-state index contributed by atoms with van der Waals surface area (Å²) in [5, 5.41) is 1.31. The zero-order chi connectivity index (χ0) is 22.2. The van der Waals surface area contributed by atoms with E-state index in [1.807, 2.05) is 18.2 Å². The van der Waals surface area contributed by atoms with Crippen LogP contribution in [0.2, 0.25) is 5.02 Å². The summed E-state index contributed by atoms with van der Waals surface area (Å²) in [6.07, 6.45) is 3.48. The van der Waals surface area contributed by atoms with Gasteiger partial charge in [-0.25, -0.2) is 9.27 Å². The van der Waals surface area contributed by atoms with Gasteiger partial charge in [-0.1, -0.05) is 36.8 Å². The number of hydroxylamine groups is 1. The molecule has 0 bridgehead atoms. The Hall–Kier alpha value is -1.71. The van der Waals surface area contributed by atoms with Crippen LogP contribution in [0.25, 0.3) is 10.2 Å². The van der Waals surface area contributed by atoms with Gasteiger partial charge in [0.2, 0.25) is 0 Å². The second-order valence-corrected chi connectivity index (χ2v) is 10.7. The predicted molar refractivity (Wildman–Crippen MR) is 134 cm³/mol. The monoisotopic (exact) mass is 477 g/mol. The van der Waals surface area contributed by atoms with Gasteiger partial charge in [-0.05, 0) is 60.1 Å². The molecule has 5 rings (SSSR count). The van der Waals surface area contributed by atoms with Gasteiger partial charge in [-0.15, -0.1) is 0 Å². The average Bonchev–Trinajstić information content (AvgIpc) is 3.10. The number of aromatic nitrogens is 1. The molecule has 0 spiro atoms. The maximum atomic E-state index is 6.31. The van der Waals surface area contributed by atoms with Gasteiger partial charge in [0.15, 0.2) is 5.13 Å². The number of anilines is 3. The quantitative estimate of drug-likeness (QED) is 0.264. The SMILES string of the molecule is CNOSc1c(N)cc2c3c1CCCN3CCC2(C)C.Nc1nc2ccc(Cl)cc2s1. The van der Waals surface area contributed by atoms with Gasteiger partial charge in [0, 0.05) is 36.5 Å². The van der Waals surface area contributed by atoms with Crippen LogP contribution in [0.4, 0.5) is 16.5 Å². The van der Waals surface area contributed by atoms with Crippen molar-refractivity contribution in [2.45, 2.75) is 43.4 Å². The molecule has 0 fully saturated rings. The molecule has 2 aliphatic rings. The lowest BCUT2D eigenvalue weighted by Gasteiger charge is -2.44. The molecule has 9 heteroatoms. The van der Waals surface area contributed by atoms with Crippen molar-refractivity contribution in [1.29, 1.82) is 0 Å². The van der Waals surface area contributed by atoms with Gasteiger partial charge in [-0.2, -0.15) is 5.48 Å². The van der Waals surface area contributed by atoms with Crippen molar-refractivity contribution in [1.82, 2.24) is 10.5 Å². The summed E-state index contributed by atoms with van der Waals surface area (Å²) in [6, 6.07) is 7.70. The topological polar surface area (TPSA) is 89.4 Å². The minimum absolute atomic E-state index is 0.207. The van der Waals surface area contributed by atoms with Gasteiger partial charge in [0.1, 0.15) is 0 Å². The Morgan fingerprint density at radius 2 is 2.06 bits per heavy atom. The van der Waals surface area contributed by atoms with Crippen molar-refractivity contribution in [3.05, 3.63) is 40.4 Å². The molecular weight excluding hydrogens is 450 g/mol. The lowest BCUT2D eigenvalue weighted by molar-refractivity contribution is 0.271. The number of halogens is 1. The number of hydrogen-bond acceptors (Lipinski definition) is 8. The average molecular weight is 478 g/mol. The fourth-order valence-electron chi connectivity index (χ4n) is 4.27. The normalized spacial score (nSPS) is 16.6. The van der Waals surface area contributed by atoms with E-state index in [1.165, 1.54) is 53.0 Å². The van der Waals surface area contributed by atoms with E-state index in [2.05, 4.69) is 35.3 Å². The van der Waals surface area contributed by atoms with E-state index in [-0.39, 0.29) is 5.41 Å². The molecule has 2 aliphatic heterocycles. The summed E-state index contributed by atoms with van der Waals surface area (Å²) in [5.74, 6) is 0. The first-order valence-electron chi connectivity index (χ1n) is 10.3. The highest BCUT2D eigenvalue weighted by Gasteiger charge is 2.36. The van der Waals surface area contributed by atoms with E-state index in [1.54, 1.807) is 7.05 Å². The van der Waals surface area contributed by atoms with E-state index < -0.39 is 0 Å². The lowest BCUT2D eigenvalue weighted by atomic mass is 9.75. The van der Waals surface area contributed by atoms with Gasteiger partial charge >= 0.3 is 0 Å². The minimum Gasteiger partial charge on any atom is -0.398 e. The summed E-state index contributed by atoms with van der Waals surface area (Å²) in [6.45, 7) is 6.96. The third kappa shape index (κ3) is 4.59. The van der Waals surface area contributed by atoms with Crippen molar-refractivity contribution >= 4 is 61.7 Å². The molecule has 1 aromatic heterocycles. The largest absolute Gasteiger partial charge is 0.398 e. The van der Waals surface area contributed by atoms with Crippen LogP contribution in [-0.2, 0) is 16.1 Å². The molecule has 5 N–H and O–H groups in total. The van der Waals surface area contributed by atoms with Crippen LogP contribution in [-0.4, -0.2) is 25.1 Å². The lowest BCUT2D eigenvalue weighted by Crippen LogP contribution is -2.41. The molecule has 0 unspecified atom stereocenters. The Morgan fingerprint density at radius 1 is 1.26 bits per heavy atom. The molecule has 3 heterocycles. The minimum atomic E-state index is 0.207. The van der Waals surface area contributed by atoms with Gasteiger partial charge in [0.05, 0.1) is 27.2 Å². The zero-order valence-electron chi connectivity index (χ0n) is 18.0. The standard InChI is InChI=1S/C15H23N3OS.C7H5ClN2S/c1-15(2)6-8-18-7-4-5-10-13(18)11(15)9-12(16)14(10)20-19-17-3;8-4-1-2-5-6(3-4)11-7(9)10-5/h9,17H,4-8,16H2,1-3H3;1-3H,(H2,9,10). The second kappa shape index (κ2) is 9.03. The zero-order valence-corrected chi connectivity index (χ0v) is 20.4. The summed E-state index contributed by atoms with van der Waals surface area (Å²) >= 11 is 8.56. The number of thiazole rings is 1. The van der Waals surface area contributed by atoms with Crippen LogP contribution in [0.15, 0.2) is 29.2 Å². The Bertz CT molecular complexity index is 1100. The van der Waals surface area contributed by atoms with Crippen LogP contribution in [0.1, 0.15) is 37.8 Å². The smallest absolute Gasteiger partial charge is 0.181 e. The highest BCUT2D eigenvalue weighted by molar-refractivity contribution is 7.94. The molecule has 3 aromatic rings. The number of hydrogen-bond donors (Lipinski definition) is 3. The summed E-state index contributed by atoms with van der Waals surface area (Å²) < 4.78 is 6.35. The van der Waals surface area contributed by atoms with E-state index in [0.29, 0.717) is 5.13 Å². The van der Waals surface area contributed by atoms with Gasteiger partial charge < -0.3 is 16.4 Å². The molecule has 2 aromatic carbocycles. The number of nitrogens with two attached hydrogens (primary N) is 2. The van der Waals surface area contributed by atoms with Crippen molar-refractivity contribution in [2.24, 2.45) is 0 Å². The van der Waals surface area contributed by atoms with Crippen molar-refractivity contribution in [3.63, 3.8) is 0 Å². The van der Waals surface area contributed by atoms with Crippen molar-refractivity contribution in [3.8, 4) is 0 Å². The fraction of sp³-hybridized carbons (Fsp3) is 0.409. The Morgan fingerprint density at radius 3 is 2.84 bits per heavy atom. The molecular formula is C22H28ClN5OS2. The molecule has 0 radical (unpaired) electrons. The predicted octanol–water partition coefficient (Wildman–Crippen LogP) is 5.39. The van der Waals surface area contributed by atoms with Crippen LogP contribution >= 0.6 is 35.0 Å². The van der Waals surface area contributed by atoms with E-state index in [4.69, 9.17) is 27.4 Å². The fourth-order valence-corrected chi connectivity index (χ4v) is 5.90. The van der Waals surface area contributed by atoms with Crippen LogP contribution in [0.5, 0.6) is 0 Å². The first kappa shape index (κ1) is 22.5. The van der Waals surface area contributed by atoms with Gasteiger partial charge in [-0.3, -0.25) is 0 Å². The molecule has 0 aliphatic carbocycles. The molecule has 0 saturated carbocycles. The molecule has 166 valence electrons. The first-order chi connectivity index (χ1) is 14.8. The molecule has 0 saturated heterocycles. The van der Waals surface area contributed by atoms with Crippen LogP contribution in [0.3, 0.4) is 0 Å². The molecule has 31 heavy (non-hydrogen) atoms. The maximum Gasteiger partial charge on any atom is 0.181 e. The Kier molecular flexibility index (Phi) is 6.55. The summed E-state index contributed by atoms with van der Waals surface area (Å²) in [4.78, 5) is 7.71. The first-order valence-corrected chi connectivity index (χ1v) is 12.3. The number of benzene rings is 2. The molecule has 0 atom stereocenters. The third-order valence-electron chi connectivity index (χ3n) is 5.86. The highest BCUT2D eigenvalue weighted by atomic mass is 35.5.